The molecule has 6 nitrogen and oxygen atoms in total. The van der Waals surface area contributed by atoms with E-state index in [1.54, 1.807) is 7.11 Å². The van der Waals surface area contributed by atoms with Crippen molar-refractivity contribution in [3.8, 4) is 34.3 Å². The molecule has 0 unspecified atom stereocenters. The number of hydrogen-bond acceptors (Lipinski definition) is 5. The first-order chi connectivity index (χ1) is 13.1. The van der Waals surface area contributed by atoms with Gasteiger partial charge in [0.25, 0.3) is 0 Å². The van der Waals surface area contributed by atoms with E-state index in [9.17, 15) is 4.79 Å². The Morgan fingerprint density at radius 1 is 1.14 bits per heavy atom. The summed E-state index contributed by atoms with van der Waals surface area (Å²) in [5.74, 6) is 2.20. The van der Waals surface area contributed by atoms with Crippen LogP contribution in [-0.2, 0) is 17.8 Å². The van der Waals surface area contributed by atoms with Crippen molar-refractivity contribution in [1.82, 2.24) is 0 Å². The van der Waals surface area contributed by atoms with Gasteiger partial charge in [-0.2, -0.15) is 4.57 Å². The van der Waals surface area contributed by atoms with E-state index >= 15 is 0 Å². The molecule has 0 amide bonds. The van der Waals surface area contributed by atoms with E-state index < -0.39 is 0 Å². The van der Waals surface area contributed by atoms with Crippen molar-refractivity contribution in [2.75, 3.05) is 13.9 Å². The Morgan fingerprint density at radius 3 is 2.68 bits per heavy atom. The molecule has 0 N–H and O–H groups in total. The van der Waals surface area contributed by atoms with Crippen LogP contribution in [0.1, 0.15) is 12.5 Å². The average molecular weight is 400 g/mol. The van der Waals surface area contributed by atoms with Crippen molar-refractivity contribution < 1.29 is 40.7 Å². The number of fused-ring (bicyclic) bond motifs is 5. The minimum Gasteiger partial charge on any atom is -1.00 e. The highest BCUT2D eigenvalue weighted by atomic mass is 35.5. The number of nitrogens with zero attached hydrogens (tertiary/aromatic N) is 1. The number of aryl methyl sites for hydroxylation is 2. The fraction of sp³-hybridized carbons (Fsp3) is 0.238. The standard InChI is InChI=1S/C21H18NO5.ClH/c1-12(23)27-21-16-10-22-6-5-14-8-19-20(26-11-25-19)9-15(14)17(22)7-13(16)3-4-18(21)24-2;/h3-4,7-10H,5-6,11H2,1-2H3;1H/q+1;/p-1. The van der Waals surface area contributed by atoms with Crippen LogP contribution in [0.5, 0.6) is 23.0 Å². The number of aromatic nitrogens is 1. The number of esters is 1. The molecular formula is C21H18ClNO5. The Balaban J connectivity index is 0.00000192. The molecule has 0 atom stereocenters. The molecule has 0 radical (unpaired) electrons. The average Bonchev–Trinajstić information content (AvgIpc) is 3.12. The minimum atomic E-state index is -0.374. The molecule has 2 aliphatic heterocycles. The van der Waals surface area contributed by atoms with Gasteiger partial charge in [0.1, 0.15) is 0 Å². The number of methoxy groups -OCH3 is 1. The van der Waals surface area contributed by atoms with Crippen LogP contribution >= 0.6 is 0 Å². The number of benzene rings is 2. The number of hydrogen-bond donors (Lipinski definition) is 0. The Bertz CT molecular complexity index is 1110. The van der Waals surface area contributed by atoms with E-state index in [4.69, 9.17) is 18.9 Å². The van der Waals surface area contributed by atoms with Gasteiger partial charge in [0, 0.05) is 19.4 Å². The van der Waals surface area contributed by atoms with Gasteiger partial charge < -0.3 is 31.4 Å². The zero-order valence-corrected chi connectivity index (χ0v) is 16.2. The summed E-state index contributed by atoms with van der Waals surface area (Å²) in [6.07, 6.45) is 2.92. The number of carbonyl (C=O) groups excluding carboxylic acids is 1. The third kappa shape index (κ3) is 2.81. The zero-order valence-electron chi connectivity index (χ0n) is 15.5. The van der Waals surface area contributed by atoms with Crippen molar-refractivity contribution in [3.05, 3.63) is 42.1 Å². The number of carbonyl (C=O) groups is 1. The van der Waals surface area contributed by atoms with E-state index in [0.717, 1.165) is 46.5 Å². The van der Waals surface area contributed by atoms with Crippen molar-refractivity contribution in [2.45, 2.75) is 19.9 Å². The molecule has 7 heteroatoms. The predicted molar refractivity (Wildman–Crippen MR) is 97.3 cm³/mol. The van der Waals surface area contributed by atoms with Crippen LogP contribution in [0.25, 0.3) is 22.0 Å². The van der Waals surface area contributed by atoms with E-state index in [2.05, 4.69) is 16.7 Å². The summed E-state index contributed by atoms with van der Waals surface area (Å²) < 4.78 is 24.1. The molecule has 0 spiro atoms. The SMILES string of the molecule is COc1ccc2cc3[n+](cc2c1OC(C)=O)CCc1cc2c(cc1-3)OCO2.[Cl-]. The van der Waals surface area contributed by atoms with Crippen LogP contribution in [0.15, 0.2) is 36.5 Å². The van der Waals surface area contributed by atoms with Crippen LogP contribution in [0.2, 0.25) is 0 Å². The third-order valence-electron chi connectivity index (χ3n) is 5.04. The second-order valence-electron chi connectivity index (χ2n) is 6.66. The summed E-state index contributed by atoms with van der Waals surface area (Å²) in [6, 6.07) is 10.0. The van der Waals surface area contributed by atoms with Crippen molar-refractivity contribution in [3.63, 3.8) is 0 Å². The summed E-state index contributed by atoms with van der Waals surface area (Å²) in [4.78, 5) is 11.6. The fourth-order valence-corrected chi connectivity index (χ4v) is 3.81. The van der Waals surface area contributed by atoms with Gasteiger partial charge in [0.2, 0.25) is 12.5 Å². The summed E-state index contributed by atoms with van der Waals surface area (Å²) >= 11 is 0. The van der Waals surface area contributed by atoms with Gasteiger partial charge in [0.15, 0.2) is 35.7 Å². The topological polar surface area (TPSA) is 57.9 Å². The Hall–Kier alpha value is -2.99. The number of pyridine rings is 1. The lowest BCUT2D eigenvalue weighted by Gasteiger charge is -2.17. The molecule has 1 aromatic heterocycles. The molecule has 2 aliphatic rings. The Morgan fingerprint density at radius 2 is 1.93 bits per heavy atom. The van der Waals surface area contributed by atoms with Gasteiger partial charge in [-0.15, -0.1) is 0 Å². The normalized spacial score (nSPS) is 13.4. The summed E-state index contributed by atoms with van der Waals surface area (Å²) in [6.45, 7) is 2.48. The number of rotatable bonds is 2. The van der Waals surface area contributed by atoms with Crippen molar-refractivity contribution >= 4 is 16.7 Å². The Labute approximate surface area is 168 Å². The minimum absolute atomic E-state index is 0. The maximum Gasteiger partial charge on any atom is 0.308 e. The molecule has 144 valence electrons. The number of ether oxygens (including phenoxy) is 4. The van der Waals surface area contributed by atoms with E-state index in [0.29, 0.717) is 11.5 Å². The smallest absolute Gasteiger partial charge is 0.308 e. The van der Waals surface area contributed by atoms with Gasteiger partial charge in [-0.1, -0.05) is 0 Å². The lowest BCUT2D eigenvalue weighted by Crippen LogP contribution is -3.00. The lowest BCUT2D eigenvalue weighted by molar-refractivity contribution is -0.686. The van der Waals surface area contributed by atoms with E-state index in [1.807, 2.05) is 24.4 Å². The maximum absolute atomic E-state index is 11.6. The zero-order chi connectivity index (χ0) is 18.5. The van der Waals surface area contributed by atoms with Crippen LogP contribution in [0.4, 0.5) is 0 Å². The molecule has 3 aromatic rings. The van der Waals surface area contributed by atoms with E-state index in [1.165, 1.54) is 12.5 Å². The highest BCUT2D eigenvalue weighted by molar-refractivity contribution is 5.93. The molecule has 0 saturated heterocycles. The first-order valence-electron chi connectivity index (χ1n) is 8.79. The molecule has 3 heterocycles. The molecular weight excluding hydrogens is 382 g/mol. The maximum atomic E-state index is 11.6. The molecule has 0 aliphatic carbocycles. The summed E-state index contributed by atoms with van der Waals surface area (Å²) in [7, 11) is 1.57. The second kappa shape index (κ2) is 6.87. The predicted octanol–water partition coefficient (Wildman–Crippen LogP) is 0.0170. The van der Waals surface area contributed by atoms with Crippen molar-refractivity contribution in [2.24, 2.45) is 0 Å². The Kier molecular flexibility index (Phi) is 4.51. The third-order valence-corrected chi connectivity index (χ3v) is 5.04. The van der Waals surface area contributed by atoms with Gasteiger partial charge in [-0.25, -0.2) is 0 Å². The van der Waals surface area contributed by atoms with E-state index in [-0.39, 0.29) is 25.2 Å². The van der Waals surface area contributed by atoms with Gasteiger partial charge in [-0.3, -0.25) is 4.79 Å². The second-order valence-corrected chi connectivity index (χ2v) is 6.66. The molecule has 0 saturated carbocycles. The molecule has 0 bridgehead atoms. The first-order valence-corrected chi connectivity index (χ1v) is 8.79. The molecule has 2 aromatic carbocycles. The summed E-state index contributed by atoms with van der Waals surface area (Å²) in [5.41, 5.74) is 3.48. The molecule has 28 heavy (non-hydrogen) atoms. The highest BCUT2D eigenvalue weighted by Gasteiger charge is 2.28. The van der Waals surface area contributed by atoms with Crippen LogP contribution < -0.4 is 35.9 Å². The van der Waals surface area contributed by atoms with Crippen LogP contribution in [0.3, 0.4) is 0 Å². The van der Waals surface area contributed by atoms with Crippen molar-refractivity contribution in [1.29, 1.82) is 0 Å². The molecule has 5 rings (SSSR count). The van der Waals surface area contributed by atoms with Crippen LogP contribution in [-0.4, -0.2) is 19.9 Å². The van der Waals surface area contributed by atoms with Gasteiger partial charge >= 0.3 is 5.97 Å². The highest BCUT2D eigenvalue weighted by Crippen LogP contribution is 2.41. The summed E-state index contributed by atoms with van der Waals surface area (Å²) in [5, 5.41) is 1.82. The number of halogens is 1. The lowest BCUT2D eigenvalue weighted by atomic mass is 9.95. The largest absolute Gasteiger partial charge is 1.00 e. The van der Waals surface area contributed by atoms with Gasteiger partial charge in [-0.05, 0) is 35.2 Å². The quantitative estimate of drug-likeness (QED) is 0.345. The monoisotopic (exact) mass is 399 g/mol. The van der Waals surface area contributed by atoms with Crippen LogP contribution in [0, 0.1) is 0 Å². The van der Waals surface area contributed by atoms with Gasteiger partial charge in [0.05, 0.1) is 18.1 Å². The first kappa shape index (κ1) is 18.4. The fourth-order valence-electron chi connectivity index (χ4n) is 3.81. The molecule has 0 fully saturated rings.